The van der Waals surface area contributed by atoms with Gasteiger partial charge in [-0.1, -0.05) is 4.98 Å². The minimum absolute atomic E-state index is 0.126. The van der Waals surface area contributed by atoms with Crippen LogP contribution >= 0.6 is 30.9 Å². The van der Waals surface area contributed by atoms with Crippen LogP contribution in [0.3, 0.4) is 0 Å². The predicted octanol–water partition coefficient (Wildman–Crippen LogP) is 2.39. The van der Waals surface area contributed by atoms with Crippen molar-refractivity contribution in [3.8, 4) is 0 Å². The first-order chi connectivity index (χ1) is 10.7. The van der Waals surface area contributed by atoms with Crippen molar-refractivity contribution in [2.75, 3.05) is 11.8 Å². The van der Waals surface area contributed by atoms with E-state index in [9.17, 15) is 14.7 Å². The second-order valence-electron chi connectivity index (χ2n) is 5.06. The van der Waals surface area contributed by atoms with Gasteiger partial charge in [0.15, 0.2) is 0 Å². The van der Waals surface area contributed by atoms with Gasteiger partial charge in [-0.05, 0) is 18.8 Å². The molecule has 0 aliphatic carbocycles. The van der Waals surface area contributed by atoms with E-state index in [2.05, 4.69) is 15.2 Å². The molecule has 1 aromatic rings. The Morgan fingerprint density at radius 1 is 1.39 bits per heavy atom. The lowest BCUT2D eigenvalue weighted by molar-refractivity contribution is -0.396. The van der Waals surface area contributed by atoms with Crippen molar-refractivity contribution in [3.63, 3.8) is 0 Å². The smallest absolute Gasteiger partial charge is 0.390 e. The summed E-state index contributed by atoms with van der Waals surface area (Å²) in [6.45, 7) is 3.38. The van der Waals surface area contributed by atoms with E-state index in [1.807, 2.05) is 0 Å². The number of aromatic nitrogens is 2. The molecule has 0 aliphatic rings. The molecule has 9 nitrogen and oxygen atoms in total. The zero-order valence-corrected chi connectivity index (χ0v) is 15.4. The third-order valence-electron chi connectivity index (χ3n) is 2.86. The fourth-order valence-corrected chi connectivity index (χ4v) is 3.91. The van der Waals surface area contributed by atoms with Crippen molar-refractivity contribution >= 4 is 36.8 Å². The fraction of sp³-hybridized carbons (Fsp3) is 0.727. The standard InChI is InChI=1S/C11H20Cl2N5O4P/c1-8(4-12)15-23(21,16-9(2)5-13)22-7-10-6-14-11(17(10)3)18(19)20/h6,8-9H,4-5,7H2,1-3H3,(H2,15,16,21)/t8-,9-/m1/s1. The van der Waals surface area contributed by atoms with Crippen LogP contribution in [0.4, 0.5) is 5.95 Å². The quantitative estimate of drug-likeness (QED) is 0.274. The Morgan fingerprint density at radius 3 is 2.30 bits per heavy atom. The van der Waals surface area contributed by atoms with Gasteiger partial charge in [0.25, 0.3) is 0 Å². The highest BCUT2D eigenvalue weighted by Crippen LogP contribution is 2.40. The first-order valence-electron chi connectivity index (χ1n) is 6.79. The van der Waals surface area contributed by atoms with E-state index in [0.717, 1.165) is 0 Å². The van der Waals surface area contributed by atoms with Crippen LogP contribution in [-0.4, -0.2) is 38.3 Å². The van der Waals surface area contributed by atoms with Gasteiger partial charge >= 0.3 is 13.6 Å². The molecule has 1 aromatic heterocycles. The molecule has 1 heterocycles. The molecule has 0 fully saturated rings. The van der Waals surface area contributed by atoms with Crippen LogP contribution in [-0.2, 0) is 22.7 Å². The van der Waals surface area contributed by atoms with E-state index in [1.165, 1.54) is 17.8 Å². The molecule has 0 saturated carbocycles. The zero-order valence-electron chi connectivity index (χ0n) is 13.0. The normalized spacial score (nSPS) is 14.7. The van der Waals surface area contributed by atoms with Crippen molar-refractivity contribution < 1.29 is 14.0 Å². The van der Waals surface area contributed by atoms with Crippen molar-refractivity contribution in [2.24, 2.45) is 7.05 Å². The molecule has 2 atom stereocenters. The van der Waals surface area contributed by atoms with E-state index in [-0.39, 0.29) is 36.4 Å². The Balaban J connectivity index is 2.85. The van der Waals surface area contributed by atoms with Crippen molar-refractivity contribution in [3.05, 3.63) is 22.0 Å². The molecule has 132 valence electrons. The summed E-state index contributed by atoms with van der Waals surface area (Å²) < 4.78 is 19.6. The number of imidazole rings is 1. The molecule has 0 unspecified atom stereocenters. The van der Waals surface area contributed by atoms with Crippen LogP contribution in [0.15, 0.2) is 6.20 Å². The fourth-order valence-electron chi connectivity index (χ4n) is 1.66. The van der Waals surface area contributed by atoms with Crippen LogP contribution in [0, 0.1) is 10.1 Å². The molecule has 0 aliphatic heterocycles. The minimum atomic E-state index is -3.44. The molecule has 2 N–H and O–H groups in total. The van der Waals surface area contributed by atoms with Crippen LogP contribution in [0.25, 0.3) is 0 Å². The molecule has 0 saturated heterocycles. The summed E-state index contributed by atoms with van der Waals surface area (Å²) in [6.07, 6.45) is 1.30. The molecule has 0 spiro atoms. The minimum Gasteiger partial charge on any atom is -0.390 e. The molecule has 1 rings (SSSR count). The average molecular weight is 388 g/mol. The summed E-state index contributed by atoms with van der Waals surface area (Å²) in [7, 11) is -1.96. The summed E-state index contributed by atoms with van der Waals surface area (Å²) in [6, 6.07) is -0.531. The molecular formula is C11H20Cl2N5O4P. The van der Waals surface area contributed by atoms with Gasteiger partial charge in [-0.25, -0.2) is 14.7 Å². The van der Waals surface area contributed by atoms with E-state index in [1.54, 1.807) is 13.8 Å². The summed E-state index contributed by atoms with van der Waals surface area (Å²) in [4.78, 5) is 13.9. The van der Waals surface area contributed by atoms with Crippen LogP contribution in [0.2, 0.25) is 0 Å². The number of halogens is 2. The van der Waals surface area contributed by atoms with E-state index >= 15 is 0 Å². The van der Waals surface area contributed by atoms with Crippen molar-refractivity contribution in [1.29, 1.82) is 0 Å². The summed E-state index contributed by atoms with van der Waals surface area (Å²) >= 11 is 11.5. The van der Waals surface area contributed by atoms with Gasteiger partial charge < -0.3 is 10.1 Å². The molecule has 0 bridgehead atoms. The second-order valence-corrected chi connectivity index (χ2v) is 7.55. The lowest BCUT2D eigenvalue weighted by Crippen LogP contribution is -2.36. The van der Waals surface area contributed by atoms with Gasteiger partial charge in [-0.15, -0.1) is 23.2 Å². The maximum Gasteiger partial charge on any atom is 0.434 e. The van der Waals surface area contributed by atoms with Gasteiger partial charge in [0, 0.05) is 23.8 Å². The highest BCUT2D eigenvalue weighted by atomic mass is 35.5. The maximum atomic E-state index is 12.9. The zero-order chi connectivity index (χ0) is 17.6. The Morgan fingerprint density at radius 2 is 1.91 bits per heavy atom. The monoisotopic (exact) mass is 387 g/mol. The number of nitrogens with zero attached hydrogens (tertiary/aromatic N) is 3. The van der Waals surface area contributed by atoms with Gasteiger partial charge in [-0.2, -0.15) is 0 Å². The Hall–Kier alpha value is -0.700. The van der Waals surface area contributed by atoms with Crippen LogP contribution < -0.4 is 10.2 Å². The number of hydrogen-bond acceptors (Lipinski definition) is 5. The van der Waals surface area contributed by atoms with Crippen molar-refractivity contribution in [2.45, 2.75) is 32.5 Å². The topological polar surface area (TPSA) is 111 Å². The molecule has 0 radical (unpaired) electrons. The number of nitrogens with one attached hydrogen (secondary N) is 2. The second kappa shape index (κ2) is 8.96. The molecule has 12 heteroatoms. The van der Waals surface area contributed by atoms with Gasteiger partial charge in [-0.3, -0.25) is 9.09 Å². The van der Waals surface area contributed by atoms with Gasteiger partial charge in [0.1, 0.15) is 18.5 Å². The first kappa shape index (κ1) is 20.3. The SMILES string of the molecule is C[C@H](CCl)NP(=O)(N[C@H](C)CCl)OCc1cnc([N+](=O)[O-])n1C. The number of alkyl halides is 2. The van der Waals surface area contributed by atoms with E-state index in [4.69, 9.17) is 27.7 Å². The molecule has 0 aromatic carbocycles. The van der Waals surface area contributed by atoms with Gasteiger partial charge in [0.05, 0.1) is 7.05 Å². The molecular weight excluding hydrogens is 368 g/mol. The Kier molecular flexibility index (Phi) is 7.93. The third-order valence-corrected chi connectivity index (χ3v) is 5.84. The summed E-state index contributed by atoms with van der Waals surface area (Å²) in [5.41, 5.74) is 0.414. The molecule has 0 amide bonds. The van der Waals surface area contributed by atoms with E-state index < -0.39 is 12.6 Å². The summed E-state index contributed by atoms with van der Waals surface area (Å²) in [5, 5.41) is 16.4. The van der Waals surface area contributed by atoms with Gasteiger partial charge in [0.2, 0.25) is 0 Å². The highest BCUT2D eigenvalue weighted by molar-refractivity contribution is 7.54. The summed E-state index contributed by atoms with van der Waals surface area (Å²) in [5.74, 6) is 0.158. The number of nitro groups is 1. The third kappa shape index (κ3) is 6.02. The Bertz CT molecular complexity index is 569. The number of rotatable bonds is 10. The Labute approximate surface area is 144 Å². The maximum absolute atomic E-state index is 12.9. The molecule has 23 heavy (non-hydrogen) atoms. The highest BCUT2D eigenvalue weighted by Gasteiger charge is 2.28. The van der Waals surface area contributed by atoms with Crippen LogP contribution in [0.5, 0.6) is 0 Å². The largest absolute Gasteiger partial charge is 0.434 e. The van der Waals surface area contributed by atoms with E-state index in [0.29, 0.717) is 5.69 Å². The lowest BCUT2D eigenvalue weighted by Gasteiger charge is -2.25. The number of hydrogen-bond donors (Lipinski definition) is 2. The van der Waals surface area contributed by atoms with Crippen LogP contribution in [0.1, 0.15) is 19.5 Å². The first-order valence-corrected chi connectivity index (χ1v) is 9.49. The lowest BCUT2D eigenvalue weighted by atomic mass is 10.4. The van der Waals surface area contributed by atoms with Crippen molar-refractivity contribution in [1.82, 2.24) is 19.7 Å². The predicted molar refractivity (Wildman–Crippen MR) is 88.9 cm³/mol. The average Bonchev–Trinajstić information content (AvgIpc) is 2.86.